The summed E-state index contributed by atoms with van der Waals surface area (Å²) in [4.78, 5) is 27.7. The molecule has 2 aliphatic rings. The van der Waals surface area contributed by atoms with Crippen molar-refractivity contribution in [1.29, 1.82) is 0 Å². The van der Waals surface area contributed by atoms with Crippen LogP contribution in [0.1, 0.15) is 62.6 Å². The van der Waals surface area contributed by atoms with Gasteiger partial charge in [0.2, 0.25) is 5.91 Å². The van der Waals surface area contributed by atoms with E-state index in [1.165, 1.54) is 0 Å². The number of likely N-dealkylation sites (tertiary alicyclic amines) is 1. The quantitative estimate of drug-likeness (QED) is 0.523. The van der Waals surface area contributed by atoms with Gasteiger partial charge in [-0.05, 0) is 67.5 Å². The lowest BCUT2D eigenvalue weighted by atomic mass is 9.66. The molecule has 0 radical (unpaired) electrons. The lowest BCUT2D eigenvalue weighted by Gasteiger charge is -2.52. The van der Waals surface area contributed by atoms with Crippen molar-refractivity contribution < 1.29 is 19.8 Å². The van der Waals surface area contributed by atoms with E-state index in [2.05, 4.69) is 0 Å². The summed E-state index contributed by atoms with van der Waals surface area (Å²) in [5.74, 6) is -1.25. The minimum atomic E-state index is -1.11. The molecule has 1 amide bonds. The second-order valence-corrected chi connectivity index (χ2v) is 10.6. The summed E-state index contributed by atoms with van der Waals surface area (Å²) in [6, 6.07) is 14.2. The number of rotatable bonds is 7. The molecule has 176 valence electrons. The zero-order valence-electron chi connectivity index (χ0n) is 18.7. The van der Waals surface area contributed by atoms with Gasteiger partial charge in [-0.3, -0.25) is 9.59 Å². The van der Waals surface area contributed by atoms with Gasteiger partial charge < -0.3 is 15.1 Å². The molecule has 7 heteroatoms. The number of aliphatic hydroxyl groups is 1. The molecule has 1 saturated carbocycles. The average molecular weight is 490 g/mol. The Kier molecular flexibility index (Phi) is 6.77. The number of benzene rings is 2. The van der Waals surface area contributed by atoms with Crippen LogP contribution in [0.2, 0.25) is 10.0 Å². The first-order valence-corrected chi connectivity index (χ1v) is 12.1. The van der Waals surface area contributed by atoms with Crippen LogP contribution in [0, 0.1) is 11.3 Å². The fourth-order valence-electron chi connectivity index (χ4n) is 5.50. The Labute approximate surface area is 204 Å². The molecule has 1 aliphatic carbocycles. The van der Waals surface area contributed by atoms with Crippen LogP contribution < -0.4 is 0 Å². The van der Waals surface area contributed by atoms with E-state index in [0.717, 1.165) is 24.0 Å². The molecule has 2 unspecified atom stereocenters. The summed E-state index contributed by atoms with van der Waals surface area (Å²) in [6.45, 7) is 3.45. The highest BCUT2D eigenvalue weighted by Gasteiger charge is 2.55. The molecule has 33 heavy (non-hydrogen) atoms. The zero-order chi connectivity index (χ0) is 23.9. The minimum Gasteiger partial charge on any atom is -0.481 e. The molecule has 2 aromatic rings. The molecule has 2 fully saturated rings. The summed E-state index contributed by atoms with van der Waals surface area (Å²) >= 11 is 12.5. The third-order valence-electron chi connectivity index (χ3n) is 7.05. The molecular formula is C26H29Cl2NO4. The smallest absolute Gasteiger partial charge is 0.304 e. The molecular weight excluding hydrogens is 461 g/mol. The molecule has 1 aliphatic heterocycles. The number of halogens is 2. The van der Waals surface area contributed by atoms with Crippen molar-refractivity contribution >= 4 is 35.1 Å². The standard InChI is InChI=1S/C26H29Cl2NO4/c1-15(30)23(16-6-7-16)29-24(17-8-10-19(27)11-9-17)21(18-4-3-5-20(28)12-18)13-26(2,25(29)33)14-22(31)32/h3-5,8-12,15-16,21,23-24,30H,6-7,13-14H2,1-2H3,(H,31,32)/t15-,21?,23-,24-,26?/m1/s1. The fourth-order valence-corrected chi connectivity index (χ4v) is 5.82. The lowest BCUT2D eigenvalue weighted by Crippen LogP contribution is -2.59. The molecule has 5 atom stereocenters. The number of carboxylic acid groups (broad SMARTS) is 1. The molecule has 0 spiro atoms. The number of aliphatic carboxylic acids is 1. The predicted molar refractivity (Wildman–Crippen MR) is 128 cm³/mol. The maximum Gasteiger partial charge on any atom is 0.304 e. The van der Waals surface area contributed by atoms with Crippen LogP contribution >= 0.6 is 23.2 Å². The van der Waals surface area contributed by atoms with E-state index in [-0.39, 0.29) is 30.2 Å². The van der Waals surface area contributed by atoms with Gasteiger partial charge in [0.15, 0.2) is 0 Å². The Morgan fingerprint density at radius 1 is 1.12 bits per heavy atom. The number of aliphatic hydroxyl groups excluding tert-OH is 1. The number of piperidine rings is 1. The van der Waals surface area contributed by atoms with E-state index in [1.54, 1.807) is 36.9 Å². The Bertz CT molecular complexity index is 1030. The first-order valence-electron chi connectivity index (χ1n) is 11.3. The van der Waals surface area contributed by atoms with Crippen LogP contribution in [-0.4, -0.2) is 39.1 Å². The van der Waals surface area contributed by atoms with Crippen molar-refractivity contribution in [2.45, 2.75) is 63.6 Å². The van der Waals surface area contributed by atoms with Crippen molar-refractivity contribution in [2.75, 3.05) is 0 Å². The van der Waals surface area contributed by atoms with E-state index >= 15 is 0 Å². The number of carbonyl (C=O) groups is 2. The maximum atomic E-state index is 14.1. The summed E-state index contributed by atoms with van der Waals surface area (Å²) in [7, 11) is 0. The number of hydrogen-bond acceptors (Lipinski definition) is 3. The third kappa shape index (κ3) is 4.91. The van der Waals surface area contributed by atoms with Gasteiger partial charge in [0.25, 0.3) is 0 Å². The molecule has 2 N–H and O–H groups in total. The van der Waals surface area contributed by atoms with E-state index in [4.69, 9.17) is 23.2 Å². The number of hydrogen-bond donors (Lipinski definition) is 2. The van der Waals surface area contributed by atoms with E-state index in [1.807, 2.05) is 30.3 Å². The van der Waals surface area contributed by atoms with Gasteiger partial charge in [0.1, 0.15) is 0 Å². The Balaban J connectivity index is 1.92. The number of carbonyl (C=O) groups excluding carboxylic acids is 1. The Morgan fingerprint density at radius 2 is 1.79 bits per heavy atom. The predicted octanol–water partition coefficient (Wildman–Crippen LogP) is 5.69. The second kappa shape index (κ2) is 9.28. The molecule has 5 nitrogen and oxygen atoms in total. The van der Waals surface area contributed by atoms with E-state index < -0.39 is 23.5 Å². The Hall–Kier alpha value is -2.08. The monoisotopic (exact) mass is 489 g/mol. The van der Waals surface area contributed by atoms with Crippen molar-refractivity contribution in [1.82, 2.24) is 4.90 Å². The number of nitrogens with zero attached hydrogens (tertiary/aromatic N) is 1. The highest BCUT2D eigenvalue weighted by atomic mass is 35.5. The van der Waals surface area contributed by atoms with Gasteiger partial charge in [0, 0.05) is 16.0 Å². The average Bonchev–Trinajstić information content (AvgIpc) is 3.56. The summed E-state index contributed by atoms with van der Waals surface area (Å²) in [6.07, 6.45) is 1.21. The summed E-state index contributed by atoms with van der Waals surface area (Å²) < 4.78 is 0. The van der Waals surface area contributed by atoms with Crippen LogP contribution in [0.3, 0.4) is 0 Å². The summed E-state index contributed by atoms with van der Waals surface area (Å²) in [5, 5.41) is 21.6. The second-order valence-electron chi connectivity index (χ2n) is 9.77. The van der Waals surface area contributed by atoms with Gasteiger partial charge in [-0.15, -0.1) is 0 Å². The van der Waals surface area contributed by atoms with Gasteiger partial charge in [0.05, 0.1) is 30.0 Å². The SMILES string of the molecule is C[C@@H](O)[C@H](C1CC1)N1C(=O)C(C)(CC(=O)O)CC(c2cccc(Cl)c2)[C@H]1c1ccc(Cl)cc1. The lowest BCUT2D eigenvalue weighted by molar-refractivity contribution is -0.164. The van der Waals surface area contributed by atoms with Gasteiger partial charge in [-0.25, -0.2) is 0 Å². The summed E-state index contributed by atoms with van der Waals surface area (Å²) in [5.41, 5.74) is 0.738. The molecule has 4 rings (SSSR count). The van der Waals surface area contributed by atoms with E-state index in [9.17, 15) is 19.8 Å². The van der Waals surface area contributed by atoms with Gasteiger partial charge in [-0.2, -0.15) is 0 Å². The van der Waals surface area contributed by atoms with Crippen LogP contribution in [0.5, 0.6) is 0 Å². The minimum absolute atomic E-state index is 0.191. The van der Waals surface area contributed by atoms with Crippen LogP contribution in [0.25, 0.3) is 0 Å². The van der Waals surface area contributed by atoms with Crippen LogP contribution in [-0.2, 0) is 9.59 Å². The van der Waals surface area contributed by atoms with Crippen molar-refractivity contribution in [3.63, 3.8) is 0 Å². The van der Waals surface area contributed by atoms with Crippen LogP contribution in [0.15, 0.2) is 48.5 Å². The molecule has 1 heterocycles. The molecule has 0 bridgehead atoms. The number of amides is 1. The normalized spacial score (nSPS) is 27.3. The zero-order valence-corrected chi connectivity index (χ0v) is 20.3. The highest BCUT2D eigenvalue weighted by Crippen LogP contribution is 2.54. The topological polar surface area (TPSA) is 77.8 Å². The number of carboxylic acids is 1. The van der Waals surface area contributed by atoms with Crippen LogP contribution in [0.4, 0.5) is 0 Å². The first kappa shape index (κ1) is 24.1. The molecule has 2 aromatic carbocycles. The van der Waals surface area contributed by atoms with Crippen molar-refractivity contribution in [3.8, 4) is 0 Å². The van der Waals surface area contributed by atoms with Crippen molar-refractivity contribution in [3.05, 3.63) is 69.7 Å². The molecule has 1 saturated heterocycles. The van der Waals surface area contributed by atoms with Gasteiger partial charge in [-0.1, -0.05) is 54.4 Å². The van der Waals surface area contributed by atoms with Gasteiger partial charge >= 0.3 is 5.97 Å². The highest BCUT2D eigenvalue weighted by molar-refractivity contribution is 6.30. The largest absolute Gasteiger partial charge is 0.481 e. The Morgan fingerprint density at radius 3 is 2.33 bits per heavy atom. The first-order chi connectivity index (χ1) is 15.6. The maximum absolute atomic E-state index is 14.1. The third-order valence-corrected chi connectivity index (χ3v) is 7.54. The fraction of sp³-hybridized carbons (Fsp3) is 0.462. The van der Waals surface area contributed by atoms with Crippen molar-refractivity contribution in [2.24, 2.45) is 11.3 Å². The van der Waals surface area contributed by atoms with E-state index in [0.29, 0.717) is 16.5 Å². The molecule has 0 aromatic heterocycles.